The van der Waals surface area contributed by atoms with Gasteiger partial charge in [0.25, 0.3) is 0 Å². The van der Waals surface area contributed by atoms with E-state index in [9.17, 15) is 4.79 Å². The molecule has 0 rings (SSSR count). The molecule has 0 saturated carbocycles. The van der Waals surface area contributed by atoms with Gasteiger partial charge in [-0.3, -0.25) is 4.79 Å². The Morgan fingerprint density at radius 1 is 1.16 bits per heavy atom. The Bertz CT molecular complexity index is 213. The van der Waals surface area contributed by atoms with Gasteiger partial charge in [0.05, 0.1) is 25.7 Å². The van der Waals surface area contributed by atoms with Gasteiger partial charge in [-0.2, -0.15) is 0 Å². The maximum atomic E-state index is 12.1. The predicted octanol–water partition coefficient (Wildman–Crippen LogP) is 0.252. The van der Waals surface area contributed by atoms with Crippen LogP contribution in [0.25, 0.3) is 0 Å². The summed E-state index contributed by atoms with van der Waals surface area (Å²) in [7, 11) is 1.57. The third kappa shape index (κ3) is 8.93. The third-order valence-electron chi connectivity index (χ3n) is 2.77. The Kier molecular flexibility index (Phi) is 11.9. The minimum atomic E-state index is -0.228. The van der Waals surface area contributed by atoms with Crippen LogP contribution in [0.15, 0.2) is 0 Å². The van der Waals surface area contributed by atoms with Crippen molar-refractivity contribution < 1.29 is 19.0 Å². The maximum absolute atomic E-state index is 12.1. The number of rotatable bonds is 12. The lowest BCUT2D eigenvalue weighted by Crippen LogP contribution is -2.39. The lowest BCUT2D eigenvalue weighted by atomic mass is 10.2. The smallest absolute Gasteiger partial charge is 0.225 e. The number of hydrogen-bond donors (Lipinski definition) is 1. The fraction of sp³-hybridized carbons (Fsp3) is 0.923. The first-order chi connectivity index (χ1) is 9.19. The number of methoxy groups -OCH3 is 1. The molecule has 19 heavy (non-hydrogen) atoms. The molecule has 0 aromatic heterocycles. The van der Waals surface area contributed by atoms with Crippen molar-refractivity contribution in [3.63, 3.8) is 0 Å². The van der Waals surface area contributed by atoms with Crippen LogP contribution in [0.5, 0.6) is 0 Å². The second kappa shape index (κ2) is 12.3. The number of nitrogens with zero attached hydrogens (tertiary/aromatic N) is 1. The number of amides is 1. The van der Waals surface area contributed by atoms with E-state index in [1.807, 2.05) is 13.8 Å². The summed E-state index contributed by atoms with van der Waals surface area (Å²) in [6.07, 6.45) is 0.0693. The summed E-state index contributed by atoms with van der Waals surface area (Å²) in [5.41, 5.74) is 5.53. The monoisotopic (exact) mass is 276 g/mol. The van der Waals surface area contributed by atoms with E-state index in [1.165, 1.54) is 0 Å². The minimum Gasteiger partial charge on any atom is -0.380 e. The molecule has 0 spiro atoms. The zero-order valence-corrected chi connectivity index (χ0v) is 12.4. The lowest BCUT2D eigenvalue weighted by molar-refractivity contribution is -0.135. The molecule has 1 atom stereocenters. The Balaban J connectivity index is 4.22. The highest BCUT2D eigenvalue weighted by molar-refractivity contribution is 5.76. The highest BCUT2D eigenvalue weighted by Gasteiger charge is 2.17. The summed E-state index contributed by atoms with van der Waals surface area (Å²) < 4.78 is 15.7. The summed E-state index contributed by atoms with van der Waals surface area (Å²) in [6.45, 7) is 7.72. The largest absolute Gasteiger partial charge is 0.380 e. The van der Waals surface area contributed by atoms with E-state index in [4.69, 9.17) is 19.9 Å². The van der Waals surface area contributed by atoms with E-state index in [2.05, 4.69) is 0 Å². The van der Waals surface area contributed by atoms with Crippen molar-refractivity contribution in [2.75, 3.05) is 53.2 Å². The van der Waals surface area contributed by atoms with E-state index in [1.54, 1.807) is 12.0 Å². The molecule has 6 heteroatoms. The van der Waals surface area contributed by atoms with Crippen molar-refractivity contribution in [1.82, 2.24) is 4.90 Å². The molecule has 0 aromatic rings. The van der Waals surface area contributed by atoms with Crippen molar-refractivity contribution in [2.45, 2.75) is 26.4 Å². The Hall–Kier alpha value is -0.690. The molecule has 0 fully saturated rings. The second-order valence-corrected chi connectivity index (χ2v) is 4.07. The van der Waals surface area contributed by atoms with Crippen molar-refractivity contribution in [2.24, 2.45) is 5.73 Å². The average molecular weight is 276 g/mol. The molecule has 0 aromatic carbocycles. The second-order valence-electron chi connectivity index (χ2n) is 4.07. The van der Waals surface area contributed by atoms with Crippen molar-refractivity contribution >= 4 is 5.91 Å². The molecule has 0 radical (unpaired) electrons. The average Bonchev–Trinajstić information content (AvgIpc) is 2.43. The van der Waals surface area contributed by atoms with Crippen LogP contribution >= 0.6 is 0 Å². The quantitative estimate of drug-likeness (QED) is 0.517. The van der Waals surface area contributed by atoms with Crippen molar-refractivity contribution in [3.05, 3.63) is 0 Å². The van der Waals surface area contributed by atoms with Gasteiger partial charge < -0.3 is 24.8 Å². The molecule has 6 nitrogen and oxygen atoms in total. The molecule has 0 bridgehead atoms. The Morgan fingerprint density at radius 3 is 2.05 bits per heavy atom. The van der Waals surface area contributed by atoms with Gasteiger partial charge in [0.15, 0.2) is 0 Å². The summed E-state index contributed by atoms with van der Waals surface area (Å²) in [5.74, 6) is 0.0247. The van der Waals surface area contributed by atoms with Gasteiger partial charge >= 0.3 is 0 Å². The van der Waals surface area contributed by atoms with E-state index in [-0.39, 0.29) is 12.0 Å². The number of carbonyl (C=O) groups excluding carboxylic acids is 1. The van der Waals surface area contributed by atoms with E-state index < -0.39 is 0 Å². The number of hydrogen-bond acceptors (Lipinski definition) is 5. The molecule has 0 saturated heterocycles. The minimum absolute atomic E-state index is 0.0247. The lowest BCUT2D eigenvalue weighted by Gasteiger charge is -2.24. The zero-order chi connectivity index (χ0) is 14.5. The van der Waals surface area contributed by atoms with Gasteiger partial charge in [0.2, 0.25) is 5.91 Å². The number of carbonyl (C=O) groups is 1. The van der Waals surface area contributed by atoms with Crippen molar-refractivity contribution in [3.8, 4) is 0 Å². The van der Waals surface area contributed by atoms with Crippen LogP contribution in [0.1, 0.15) is 20.3 Å². The van der Waals surface area contributed by atoms with E-state index in [0.717, 1.165) is 0 Å². The van der Waals surface area contributed by atoms with Gasteiger partial charge in [0, 0.05) is 40.0 Å². The van der Waals surface area contributed by atoms with Crippen molar-refractivity contribution in [1.29, 1.82) is 0 Å². The van der Waals surface area contributed by atoms with Crippen LogP contribution in [0.3, 0.4) is 0 Å². The first-order valence-electron chi connectivity index (χ1n) is 6.85. The molecule has 1 unspecified atom stereocenters. The van der Waals surface area contributed by atoms with Crippen LogP contribution in [0.2, 0.25) is 0 Å². The molecule has 0 aliphatic heterocycles. The van der Waals surface area contributed by atoms with Gasteiger partial charge in [-0.05, 0) is 13.8 Å². The normalized spacial score (nSPS) is 12.4. The highest BCUT2D eigenvalue weighted by atomic mass is 16.5. The number of nitrogens with two attached hydrogens (primary N) is 1. The molecule has 2 N–H and O–H groups in total. The van der Waals surface area contributed by atoms with E-state index in [0.29, 0.717) is 52.5 Å². The third-order valence-corrected chi connectivity index (χ3v) is 2.77. The molecule has 0 aliphatic rings. The molecular formula is C13H28N2O4. The van der Waals surface area contributed by atoms with Crippen LogP contribution < -0.4 is 5.73 Å². The van der Waals surface area contributed by atoms with Crippen LogP contribution in [0, 0.1) is 0 Å². The zero-order valence-electron chi connectivity index (χ0n) is 12.4. The fourth-order valence-electron chi connectivity index (χ4n) is 1.59. The molecular weight excluding hydrogens is 248 g/mol. The fourth-order valence-corrected chi connectivity index (χ4v) is 1.59. The molecule has 0 heterocycles. The summed E-state index contributed by atoms with van der Waals surface area (Å²) in [5, 5.41) is 0. The summed E-state index contributed by atoms with van der Waals surface area (Å²) >= 11 is 0. The highest BCUT2D eigenvalue weighted by Crippen LogP contribution is 2.02. The van der Waals surface area contributed by atoms with E-state index >= 15 is 0 Å². The van der Waals surface area contributed by atoms with Crippen LogP contribution in [-0.4, -0.2) is 70.1 Å². The van der Waals surface area contributed by atoms with Crippen LogP contribution in [0.4, 0.5) is 0 Å². The maximum Gasteiger partial charge on any atom is 0.225 e. The predicted molar refractivity (Wildman–Crippen MR) is 74.0 cm³/mol. The standard InChI is InChI=1S/C13H28N2O4/c1-4-18-8-6-15(7-9-19-5-2)13(16)10-12(11-14)17-3/h12H,4-11,14H2,1-3H3. The van der Waals surface area contributed by atoms with Gasteiger partial charge in [-0.1, -0.05) is 0 Å². The molecule has 114 valence electrons. The molecule has 1 amide bonds. The van der Waals surface area contributed by atoms with Gasteiger partial charge in [-0.15, -0.1) is 0 Å². The summed E-state index contributed by atoms with van der Waals surface area (Å²) in [6, 6.07) is 0. The first kappa shape index (κ1) is 18.3. The SMILES string of the molecule is CCOCCN(CCOCC)C(=O)CC(CN)OC. The van der Waals surface area contributed by atoms with Gasteiger partial charge in [-0.25, -0.2) is 0 Å². The molecule has 0 aliphatic carbocycles. The summed E-state index contributed by atoms with van der Waals surface area (Å²) in [4.78, 5) is 13.9. The first-order valence-corrected chi connectivity index (χ1v) is 6.85. The number of ether oxygens (including phenoxy) is 3. The Morgan fingerprint density at radius 2 is 1.68 bits per heavy atom. The van der Waals surface area contributed by atoms with Gasteiger partial charge in [0.1, 0.15) is 0 Å². The topological polar surface area (TPSA) is 74.0 Å². The van der Waals surface area contributed by atoms with Crippen LogP contribution in [-0.2, 0) is 19.0 Å². The Labute approximate surface area is 116 Å².